The van der Waals surface area contributed by atoms with E-state index in [1.807, 2.05) is 12.1 Å². The minimum absolute atomic E-state index is 0.0424. The SMILES string of the molecule is COc1cc(C(=O)NCCC(=O)OC(C)(C)C)cc(OC)c1Oc1cccc2ccc[n+](O)c12. The maximum atomic E-state index is 12.7. The predicted octanol–water partition coefficient (Wildman–Crippen LogP) is 3.64. The number of carbonyl (C=O) groups excluding carboxylic acids is 2. The molecule has 180 valence electrons. The Hall–Kier alpha value is -4.01. The number of pyridine rings is 1. The van der Waals surface area contributed by atoms with E-state index >= 15 is 0 Å². The van der Waals surface area contributed by atoms with E-state index in [0.29, 0.717) is 11.3 Å². The summed E-state index contributed by atoms with van der Waals surface area (Å²) in [6.07, 6.45) is 1.54. The lowest BCUT2D eigenvalue weighted by molar-refractivity contribution is -0.884. The maximum absolute atomic E-state index is 12.7. The third-order valence-corrected chi connectivity index (χ3v) is 4.73. The molecular formula is C25H29N2O7+. The first-order valence-electron chi connectivity index (χ1n) is 10.7. The number of methoxy groups -OCH3 is 2. The summed E-state index contributed by atoms with van der Waals surface area (Å²) >= 11 is 0. The van der Waals surface area contributed by atoms with Crippen LogP contribution in [0.1, 0.15) is 37.6 Å². The van der Waals surface area contributed by atoms with E-state index in [0.717, 1.165) is 10.1 Å². The van der Waals surface area contributed by atoms with Crippen LogP contribution in [0.2, 0.25) is 0 Å². The molecule has 1 aromatic heterocycles. The van der Waals surface area contributed by atoms with Gasteiger partial charge in [-0.25, -0.2) is 0 Å². The van der Waals surface area contributed by atoms with Gasteiger partial charge in [0.05, 0.1) is 26.0 Å². The van der Waals surface area contributed by atoms with Crippen LogP contribution in [0.3, 0.4) is 0 Å². The van der Waals surface area contributed by atoms with Gasteiger partial charge < -0.3 is 24.3 Å². The first-order chi connectivity index (χ1) is 16.1. The molecule has 3 aromatic rings. The lowest BCUT2D eigenvalue weighted by Crippen LogP contribution is -2.30. The van der Waals surface area contributed by atoms with Crippen molar-refractivity contribution in [2.45, 2.75) is 32.8 Å². The highest BCUT2D eigenvalue weighted by atomic mass is 16.6. The fourth-order valence-electron chi connectivity index (χ4n) is 3.30. The first kappa shape index (κ1) is 24.6. The molecule has 0 saturated heterocycles. The second kappa shape index (κ2) is 10.3. The Balaban J connectivity index is 1.83. The molecule has 0 spiro atoms. The van der Waals surface area contributed by atoms with Crippen LogP contribution in [0.25, 0.3) is 10.9 Å². The van der Waals surface area contributed by atoms with E-state index in [1.54, 1.807) is 39.0 Å². The van der Waals surface area contributed by atoms with Crippen molar-refractivity contribution < 1.29 is 38.5 Å². The topological polar surface area (TPSA) is 107 Å². The molecule has 1 heterocycles. The zero-order valence-electron chi connectivity index (χ0n) is 19.9. The summed E-state index contributed by atoms with van der Waals surface area (Å²) < 4.78 is 23.2. The fraction of sp³-hybridized carbons (Fsp3) is 0.320. The number of amides is 1. The molecule has 9 nitrogen and oxygen atoms in total. The van der Waals surface area contributed by atoms with Crippen LogP contribution in [0.15, 0.2) is 48.7 Å². The van der Waals surface area contributed by atoms with Crippen LogP contribution < -0.4 is 24.3 Å². The van der Waals surface area contributed by atoms with Gasteiger partial charge in [0.1, 0.15) is 5.60 Å². The van der Waals surface area contributed by atoms with Gasteiger partial charge in [0.25, 0.3) is 5.91 Å². The van der Waals surface area contributed by atoms with Crippen LogP contribution in [0, 0.1) is 0 Å². The molecule has 0 bridgehead atoms. The molecular weight excluding hydrogens is 440 g/mol. The monoisotopic (exact) mass is 469 g/mol. The summed E-state index contributed by atoms with van der Waals surface area (Å²) in [4.78, 5) is 24.5. The molecule has 0 aliphatic heterocycles. The molecule has 0 atom stereocenters. The lowest BCUT2D eigenvalue weighted by Gasteiger charge is -2.19. The number of aromatic nitrogens is 1. The van der Waals surface area contributed by atoms with E-state index in [2.05, 4.69) is 5.32 Å². The second-order valence-corrected chi connectivity index (χ2v) is 8.45. The highest BCUT2D eigenvalue weighted by Gasteiger charge is 2.22. The summed E-state index contributed by atoms with van der Waals surface area (Å²) in [6.45, 7) is 5.46. The fourth-order valence-corrected chi connectivity index (χ4v) is 3.30. The summed E-state index contributed by atoms with van der Waals surface area (Å²) in [7, 11) is 2.89. The summed E-state index contributed by atoms with van der Waals surface area (Å²) in [5.74, 6) is 0.314. The van der Waals surface area contributed by atoms with Crippen LogP contribution in [0.5, 0.6) is 23.0 Å². The standard InChI is InChI=1S/C25H28N2O7/c1-25(2,3)34-21(28)11-12-26-24(29)17-14-19(31-4)23(20(15-17)32-5)33-18-10-6-8-16-9-7-13-27(30)22(16)18/h6-10,13-15H,11-12H2,1-5H3,(H-,26,29,30)/p+1. The summed E-state index contributed by atoms with van der Waals surface area (Å²) in [5, 5.41) is 13.7. The van der Waals surface area contributed by atoms with Crippen molar-refractivity contribution in [2.75, 3.05) is 20.8 Å². The van der Waals surface area contributed by atoms with Gasteiger partial charge in [-0.3, -0.25) is 14.8 Å². The smallest absolute Gasteiger partial charge is 0.308 e. The van der Waals surface area contributed by atoms with Crippen molar-refractivity contribution in [1.29, 1.82) is 0 Å². The predicted molar refractivity (Wildman–Crippen MR) is 124 cm³/mol. The van der Waals surface area contributed by atoms with Crippen LogP contribution in [-0.2, 0) is 9.53 Å². The number of fused-ring (bicyclic) bond motifs is 1. The maximum Gasteiger partial charge on any atom is 0.308 e. The van der Waals surface area contributed by atoms with Crippen molar-refractivity contribution >= 4 is 22.8 Å². The molecule has 2 N–H and O–H groups in total. The van der Waals surface area contributed by atoms with E-state index in [9.17, 15) is 14.8 Å². The number of ether oxygens (including phenoxy) is 4. The minimum Gasteiger partial charge on any atom is -0.493 e. The third-order valence-electron chi connectivity index (χ3n) is 4.73. The Kier molecular flexibility index (Phi) is 7.45. The number of nitrogens with one attached hydrogen (secondary N) is 1. The summed E-state index contributed by atoms with van der Waals surface area (Å²) in [5.41, 5.74) is 0.135. The lowest BCUT2D eigenvalue weighted by atomic mass is 10.1. The number of rotatable bonds is 8. The van der Waals surface area contributed by atoms with E-state index in [1.165, 1.54) is 32.5 Å². The largest absolute Gasteiger partial charge is 0.493 e. The molecule has 3 rings (SSSR count). The van der Waals surface area contributed by atoms with Crippen molar-refractivity contribution in [1.82, 2.24) is 5.32 Å². The molecule has 1 amide bonds. The molecule has 0 radical (unpaired) electrons. The van der Waals surface area contributed by atoms with Gasteiger partial charge in [0.15, 0.2) is 11.5 Å². The Morgan fingerprint density at radius 1 is 1.00 bits per heavy atom. The van der Waals surface area contributed by atoms with E-state index < -0.39 is 17.5 Å². The van der Waals surface area contributed by atoms with Crippen LogP contribution in [-0.4, -0.2) is 43.4 Å². The average Bonchev–Trinajstić information content (AvgIpc) is 2.78. The molecule has 0 fully saturated rings. The zero-order chi connectivity index (χ0) is 24.9. The molecule has 0 saturated carbocycles. The Bertz CT molecular complexity index is 1170. The highest BCUT2D eigenvalue weighted by Crippen LogP contribution is 2.42. The van der Waals surface area contributed by atoms with Crippen LogP contribution in [0.4, 0.5) is 0 Å². The minimum atomic E-state index is -0.586. The Labute approximate surface area is 197 Å². The Morgan fingerprint density at radius 2 is 1.65 bits per heavy atom. The number of carbonyl (C=O) groups is 2. The van der Waals surface area contributed by atoms with Crippen molar-refractivity contribution in [3.05, 3.63) is 54.2 Å². The highest BCUT2D eigenvalue weighted by molar-refractivity contribution is 5.96. The average molecular weight is 470 g/mol. The zero-order valence-corrected chi connectivity index (χ0v) is 19.9. The van der Waals surface area contributed by atoms with Crippen molar-refractivity contribution in [3.8, 4) is 23.0 Å². The molecule has 0 aliphatic carbocycles. The number of benzene rings is 2. The van der Waals surface area contributed by atoms with Crippen molar-refractivity contribution in [3.63, 3.8) is 0 Å². The van der Waals surface area contributed by atoms with Gasteiger partial charge in [-0.1, -0.05) is 6.07 Å². The van der Waals surface area contributed by atoms with E-state index in [-0.39, 0.29) is 35.8 Å². The number of esters is 1. The van der Waals surface area contributed by atoms with Gasteiger partial charge in [-0.05, 0) is 51.1 Å². The van der Waals surface area contributed by atoms with Gasteiger partial charge in [-0.15, -0.1) is 0 Å². The molecule has 0 unspecified atom stereocenters. The van der Waals surface area contributed by atoms with Gasteiger partial charge >= 0.3 is 11.5 Å². The molecule has 0 aliphatic rings. The molecule has 9 heteroatoms. The number of nitrogens with zero attached hydrogens (tertiary/aromatic N) is 1. The van der Waals surface area contributed by atoms with Gasteiger partial charge in [0, 0.05) is 22.9 Å². The first-order valence-corrected chi connectivity index (χ1v) is 10.7. The molecule has 2 aromatic carbocycles. The second-order valence-electron chi connectivity index (χ2n) is 8.45. The summed E-state index contributed by atoms with van der Waals surface area (Å²) in [6, 6.07) is 11.9. The molecule has 34 heavy (non-hydrogen) atoms. The number of hydrogen-bond donors (Lipinski definition) is 2. The van der Waals surface area contributed by atoms with Crippen molar-refractivity contribution in [2.24, 2.45) is 0 Å². The normalized spacial score (nSPS) is 11.1. The van der Waals surface area contributed by atoms with E-state index in [4.69, 9.17) is 18.9 Å². The Morgan fingerprint density at radius 3 is 2.26 bits per heavy atom. The number of hydrogen-bond acceptors (Lipinski definition) is 7. The van der Waals surface area contributed by atoms with Gasteiger partial charge in [0.2, 0.25) is 17.7 Å². The third kappa shape index (κ3) is 5.86. The quantitative estimate of drug-likeness (QED) is 0.295. The van der Waals surface area contributed by atoms with Crippen LogP contribution >= 0.6 is 0 Å². The van der Waals surface area contributed by atoms with Gasteiger partial charge in [-0.2, -0.15) is 0 Å². The number of para-hydroxylation sites is 1.